The summed E-state index contributed by atoms with van der Waals surface area (Å²) < 4.78 is 35.3. The summed E-state index contributed by atoms with van der Waals surface area (Å²) >= 11 is 4.84. The maximum Gasteiger partial charge on any atom is 0.468 e. The van der Waals surface area contributed by atoms with Gasteiger partial charge in [-0.2, -0.15) is 0 Å². The second-order valence-corrected chi connectivity index (χ2v) is 7.28. The van der Waals surface area contributed by atoms with E-state index in [0.717, 1.165) is 6.20 Å². The standard InChI is InChI=1S/C10H11B3FN2O8PS/c1-3-2-16(7(19)15-6(3)26)9(11)5(18)4(17)8(14,23-9)10(12,13)24-25(20,21)22/h2,4-5,17-18H,1H3,(H,15,19,26)(H2,20,21,22)/t4-,5+,8-,9-/m0/s1. The number of aromatic amines is 1. The molecule has 0 spiro atoms. The van der Waals surface area contributed by atoms with Crippen molar-refractivity contribution in [3.05, 3.63) is 26.9 Å². The Balaban J connectivity index is 2.59. The van der Waals surface area contributed by atoms with E-state index < -0.39 is 42.6 Å². The molecule has 0 aliphatic carbocycles. The predicted molar refractivity (Wildman–Crippen MR) is 88.7 cm³/mol. The first kappa shape index (κ1) is 21.5. The van der Waals surface area contributed by atoms with E-state index in [1.165, 1.54) is 6.92 Å². The van der Waals surface area contributed by atoms with Crippen LogP contribution in [0.2, 0.25) is 0 Å². The fourth-order valence-corrected chi connectivity index (χ4v) is 3.03. The highest BCUT2D eigenvalue weighted by atomic mass is 32.1. The highest BCUT2D eigenvalue weighted by Gasteiger charge is 2.68. The Morgan fingerprint density at radius 3 is 2.50 bits per heavy atom. The van der Waals surface area contributed by atoms with Gasteiger partial charge in [0.25, 0.3) is 5.85 Å². The first-order valence-electron chi connectivity index (χ1n) is 6.76. The van der Waals surface area contributed by atoms with Crippen molar-refractivity contribution in [2.24, 2.45) is 0 Å². The summed E-state index contributed by atoms with van der Waals surface area (Å²) in [6, 6.07) is 0. The molecule has 1 aromatic rings. The number of H-pyrrole nitrogens is 1. The molecule has 1 fully saturated rings. The molecule has 0 bridgehead atoms. The molecule has 6 radical (unpaired) electrons. The molecule has 4 atom stereocenters. The van der Waals surface area contributed by atoms with Crippen molar-refractivity contribution in [1.29, 1.82) is 0 Å². The lowest BCUT2D eigenvalue weighted by Crippen LogP contribution is -2.60. The average molecular weight is 402 g/mol. The topological polar surface area (TPSA) is 154 Å². The molecule has 2 rings (SSSR count). The van der Waals surface area contributed by atoms with Crippen molar-refractivity contribution in [1.82, 2.24) is 9.55 Å². The van der Waals surface area contributed by atoms with Crippen molar-refractivity contribution < 1.29 is 38.2 Å². The SMILES string of the molecule is [B]C([B])(OP(=O)(O)O)[C@@]1(F)O[C@@]([B])(n2cc(C)c(=S)[nH]c2=O)[C@H](O)[C@@H]1O. The number of halogens is 1. The summed E-state index contributed by atoms with van der Waals surface area (Å²) in [4.78, 5) is 31.8. The molecule has 0 aromatic carbocycles. The lowest BCUT2D eigenvalue weighted by atomic mass is 9.59. The summed E-state index contributed by atoms with van der Waals surface area (Å²) in [6.07, 6.45) is -4.02. The van der Waals surface area contributed by atoms with Crippen molar-refractivity contribution >= 4 is 43.6 Å². The normalized spacial score (nSPS) is 32.7. The molecule has 10 nitrogen and oxygen atoms in total. The van der Waals surface area contributed by atoms with E-state index in [1.807, 2.05) is 0 Å². The van der Waals surface area contributed by atoms with Gasteiger partial charge in [0.1, 0.15) is 46.0 Å². The number of aromatic nitrogens is 2. The highest BCUT2D eigenvalue weighted by Crippen LogP contribution is 2.50. The van der Waals surface area contributed by atoms with E-state index in [0.29, 0.717) is 4.57 Å². The summed E-state index contributed by atoms with van der Waals surface area (Å²) in [7, 11) is 10.7. The average Bonchev–Trinajstić information content (AvgIpc) is 2.63. The van der Waals surface area contributed by atoms with Crippen LogP contribution in [0.15, 0.2) is 11.0 Å². The molecule has 136 valence electrons. The predicted octanol–water partition coefficient (Wildman–Crippen LogP) is -2.49. The Morgan fingerprint density at radius 2 is 2.00 bits per heavy atom. The summed E-state index contributed by atoms with van der Waals surface area (Å²) in [5.74, 6) is -3.83. The second-order valence-electron chi connectivity index (χ2n) is 5.70. The van der Waals surface area contributed by atoms with Crippen LogP contribution in [0.1, 0.15) is 5.56 Å². The van der Waals surface area contributed by atoms with Gasteiger partial charge < -0.3 is 24.7 Å². The minimum absolute atomic E-state index is 0.0197. The number of phosphoric acid groups is 1. The fraction of sp³-hybridized carbons (Fsp3) is 0.600. The summed E-state index contributed by atoms with van der Waals surface area (Å²) in [5, 5.41) is 16.7. The first-order chi connectivity index (χ1) is 11.5. The third-order valence-corrected chi connectivity index (χ3v) is 4.68. The third kappa shape index (κ3) is 3.38. The maximum absolute atomic E-state index is 15.2. The number of nitrogens with zero attached hydrogens (tertiary/aromatic N) is 1. The molecule has 26 heavy (non-hydrogen) atoms. The number of phosphoric ester groups is 1. The van der Waals surface area contributed by atoms with E-state index in [9.17, 15) is 19.6 Å². The summed E-state index contributed by atoms with van der Waals surface area (Å²) in [5.41, 5.74) is -3.56. The molecule has 1 aromatic heterocycles. The fourth-order valence-electron chi connectivity index (χ4n) is 2.38. The van der Waals surface area contributed by atoms with Crippen molar-refractivity contribution in [3.8, 4) is 0 Å². The number of aryl methyl sites for hydroxylation is 1. The van der Waals surface area contributed by atoms with Gasteiger partial charge in [0.2, 0.25) is 0 Å². The van der Waals surface area contributed by atoms with Crippen molar-refractivity contribution in [2.75, 3.05) is 0 Å². The van der Waals surface area contributed by atoms with Crippen LogP contribution in [0.3, 0.4) is 0 Å². The van der Waals surface area contributed by atoms with Crippen LogP contribution >= 0.6 is 20.0 Å². The van der Waals surface area contributed by atoms with Gasteiger partial charge in [-0.1, -0.05) is 12.2 Å². The van der Waals surface area contributed by atoms with Gasteiger partial charge in [-0.3, -0.25) is 14.1 Å². The first-order valence-corrected chi connectivity index (χ1v) is 8.70. The van der Waals surface area contributed by atoms with Crippen molar-refractivity contribution in [3.63, 3.8) is 0 Å². The summed E-state index contributed by atoms with van der Waals surface area (Å²) in [6.45, 7) is 1.45. The third-order valence-electron chi connectivity index (χ3n) is 3.71. The molecular weight excluding hydrogens is 391 g/mol. The largest absolute Gasteiger partial charge is 0.468 e. The molecule has 1 aliphatic heterocycles. The lowest BCUT2D eigenvalue weighted by molar-refractivity contribution is -0.240. The Labute approximate surface area is 154 Å². The van der Waals surface area contributed by atoms with E-state index in [2.05, 4.69) is 9.51 Å². The molecule has 0 amide bonds. The van der Waals surface area contributed by atoms with Gasteiger partial charge in [-0.25, -0.2) is 13.8 Å². The molecular formula is C10H11B3FN2O8PS. The lowest BCUT2D eigenvalue weighted by Gasteiger charge is -2.40. The van der Waals surface area contributed by atoms with E-state index in [-0.39, 0.29) is 10.2 Å². The zero-order valence-electron chi connectivity index (χ0n) is 13.1. The number of ether oxygens (including phenoxy) is 1. The van der Waals surface area contributed by atoms with Gasteiger partial charge in [0.05, 0.1) is 5.40 Å². The van der Waals surface area contributed by atoms with Crippen LogP contribution in [-0.4, -0.2) is 76.6 Å². The zero-order valence-corrected chi connectivity index (χ0v) is 14.8. The second kappa shape index (κ2) is 6.38. The van der Waals surface area contributed by atoms with Crippen LogP contribution < -0.4 is 5.69 Å². The Hall–Kier alpha value is -0.785. The van der Waals surface area contributed by atoms with Crippen molar-refractivity contribution in [2.45, 2.75) is 36.0 Å². The smallest absolute Gasteiger partial charge is 0.386 e. The van der Waals surface area contributed by atoms with E-state index in [4.69, 9.17) is 50.3 Å². The number of aliphatic hydroxyl groups excluding tert-OH is 2. The Kier molecular flexibility index (Phi) is 5.28. The van der Waals surface area contributed by atoms with Crippen LogP contribution in [0, 0.1) is 11.6 Å². The number of aliphatic hydroxyl groups is 2. The van der Waals surface area contributed by atoms with Crippen LogP contribution in [-0.2, 0) is 19.4 Å². The van der Waals surface area contributed by atoms with E-state index >= 15 is 4.39 Å². The van der Waals surface area contributed by atoms with Gasteiger partial charge in [-0.15, -0.1) is 0 Å². The molecule has 2 heterocycles. The van der Waals surface area contributed by atoms with Crippen LogP contribution in [0.5, 0.6) is 0 Å². The monoisotopic (exact) mass is 402 g/mol. The van der Waals surface area contributed by atoms with E-state index in [1.54, 1.807) is 0 Å². The Morgan fingerprint density at radius 1 is 1.46 bits per heavy atom. The maximum atomic E-state index is 15.2. The molecule has 1 saturated heterocycles. The number of alkyl halides is 1. The van der Waals surface area contributed by atoms with Gasteiger partial charge in [-0.05, 0) is 6.92 Å². The zero-order chi connectivity index (χ0) is 20.3. The molecule has 0 unspecified atom stereocenters. The van der Waals surface area contributed by atoms with Gasteiger partial charge in [0, 0.05) is 11.8 Å². The van der Waals surface area contributed by atoms with Crippen LogP contribution in [0.25, 0.3) is 0 Å². The Bertz CT molecular complexity index is 892. The molecule has 16 heteroatoms. The molecule has 5 N–H and O–H groups in total. The highest BCUT2D eigenvalue weighted by molar-refractivity contribution is 7.71. The minimum Gasteiger partial charge on any atom is -0.386 e. The van der Waals surface area contributed by atoms with Gasteiger partial charge in [0.15, 0.2) is 0 Å². The van der Waals surface area contributed by atoms with Crippen LogP contribution in [0.4, 0.5) is 4.39 Å². The number of hydrogen-bond donors (Lipinski definition) is 5. The minimum atomic E-state index is -5.46. The van der Waals surface area contributed by atoms with Gasteiger partial charge >= 0.3 is 13.5 Å². The number of rotatable bonds is 4. The number of nitrogens with one attached hydrogen (secondary N) is 1. The number of hydrogen-bond acceptors (Lipinski definition) is 7. The quantitative estimate of drug-likeness (QED) is 0.209. The molecule has 0 saturated carbocycles. The molecule has 1 aliphatic rings.